The molecule has 11 heteroatoms. The first-order valence-electron chi connectivity index (χ1n) is 8.56. The van der Waals surface area contributed by atoms with E-state index in [9.17, 15) is 23.1 Å². The second-order valence-electron chi connectivity index (χ2n) is 6.23. The lowest BCUT2D eigenvalue weighted by molar-refractivity contribution is -0.274. The molecule has 3 rings (SSSR count). The van der Waals surface area contributed by atoms with Gasteiger partial charge in [0, 0.05) is 16.1 Å². The van der Waals surface area contributed by atoms with E-state index >= 15 is 0 Å². The molecule has 1 amide bonds. The van der Waals surface area contributed by atoms with Gasteiger partial charge in [-0.05, 0) is 55.5 Å². The van der Waals surface area contributed by atoms with Gasteiger partial charge >= 0.3 is 6.36 Å². The first-order chi connectivity index (χ1) is 14.1. The Morgan fingerprint density at radius 3 is 2.37 bits per heavy atom. The Bertz CT molecular complexity index is 1010. The van der Waals surface area contributed by atoms with Crippen LogP contribution in [0.15, 0.2) is 53.1 Å². The summed E-state index contributed by atoms with van der Waals surface area (Å²) in [6.07, 6.45) is -5.87. The first kappa shape index (κ1) is 21.6. The molecule has 0 bridgehead atoms. The van der Waals surface area contributed by atoms with Crippen molar-refractivity contribution in [2.45, 2.75) is 25.4 Å². The largest absolute Gasteiger partial charge is 0.573 e. The van der Waals surface area contributed by atoms with Gasteiger partial charge in [0.15, 0.2) is 0 Å². The van der Waals surface area contributed by atoms with E-state index in [1.807, 2.05) is 0 Å². The molecule has 0 saturated carbocycles. The van der Waals surface area contributed by atoms with Crippen molar-refractivity contribution in [1.82, 2.24) is 15.5 Å². The molecular formula is C19H15ClF3N3O4. The van der Waals surface area contributed by atoms with Crippen LogP contribution in [0.2, 0.25) is 5.02 Å². The average Bonchev–Trinajstić information content (AvgIpc) is 3.15. The summed E-state index contributed by atoms with van der Waals surface area (Å²) in [5, 5.41) is 16.9. The van der Waals surface area contributed by atoms with Gasteiger partial charge in [-0.1, -0.05) is 16.8 Å². The van der Waals surface area contributed by atoms with Gasteiger partial charge in [0.05, 0.1) is 6.10 Å². The molecule has 1 aromatic heterocycles. The smallest absolute Gasteiger partial charge is 0.406 e. The predicted octanol–water partition coefficient (Wildman–Crippen LogP) is 4.14. The Morgan fingerprint density at radius 2 is 1.80 bits per heavy atom. The molecule has 0 aliphatic rings. The lowest BCUT2D eigenvalue weighted by Crippen LogP contribution is -2.35. The summed E-state index contributed by atoms with van der Waals surface area (Å²) >= 11 is 5.80. The van der Waals surface area contributed by atoms with Crippen LogP contribution in [0.3, 0.4) is 0 Å². The highest BCUT2D eigenvalue weighted by Crippen LogP contribution is 2.26. The number of amides is 1. The van der Waals surface area contributed by atoms with Crippen molar-refractivity contribution >= 4 is 17.5 Å². The normalized spacial score (nSPS) is 13.5. The Hall–Kier alpha value is -3.11. The zero-order chi connectivity index (χ0) is 21.9. The van der Waals surface area contributed by atoms with E-state index in [0.717, 1.165) is 12.1 Å². The van der Waals surface area contributed by atoms with E-state index in [1.54, 1.807) is 12.1 Å². The predicted molar refractivity (Wildman–Crippen MR) is 99.8 cm³/mol. The molecule has 1 heterocycles. The van der Waals surface area contributed by atoms with Gasteiger partial charge in [0.25, 0.3) is 11.8 Å². The Labute approximate surface area is 173 Å². The number of aromatic nitrogens is 2. The maximum Gasteiger partial charge on any atom is 0.573 e. The minimum absolute atomic E-state index is 0.0648. The summed E-state index contributed by atoms with van der Waals surface area (Å²) in [5.41, 5.74) is 0.665. The summed E-state index contributed by atoms with van der Waals surface area (Å²) in [4.78, 5) is 16.5. The van der Waals surface area contributed by atoms with Crippen molar-refractivity contribution in [3.05, 3.63) is 65.0 Å². The highest BCUT2D eigenvalue weighted by Gasteiger charge is 2.31. The van der Waals surface area contributed by atoms with Gasteiger partial charge in [0.2, 0.25) is 5.82 Å². The summed E-state index contributed by atoms with van der Waals surface area (Å²) in [6, 6.07) is 9.96. The number of aliphatic hydroxyl groups is 1. The summed E-state index contributed by atoms with van der Waals surface area (Å²) in [6.45, 7) is 1.43. The number of nitrogens with one attached hydrogen (secondary N) is 1. The molecule has 30 heavy (non-hydrogen) atoms. The fourth-order valence-corrected chi connectivity index (χ4v) is 2.62. The van der Waals surface area contributed by atoms with Crippen molar-refractivity contribution in [3.63, 3.8) is 0 Å². The number of alkyl halides is 3. The zero-order valence-electron chi connectivity index (χ0n) is 15.4. The number of aliphatic hydroxyl groups excluding tert-OH is 1. The standard InChI is InChI=1S/C19H15ClF3N3O4/c1-10(27)15(24-17(28)12-2-6-13(20)7-3-12)18-25-16(26-30-18)11-4-8-14(9-5-11)29-19(21,22)23/h2-10,15,27H,1H3,(H,24,28)/t10-,15+/m1/s1. The average molecular weight is 442 g/mol. The van der Waals surface area contributed by atoms with Gasteiger partial charge in [-0.3, -0.25) is 4.79 Å². The quantitative estimate of drug-likeness (QED) is 0.596. The van der Waals surface area contributed by atoms with E-state index in [0.29, 0.717) is 16.1 Å². The summed E-state index contributed by atoms with van der Waals surface area (Å²) < 4.78 is 45.7. The van der Waals surface area contributed by atoms with E-state index in [-0.39, 0.29) is 11.7 Å². The molecule has 3 aromatic rings. The van der Waals surface area contributed by atoms with Crippen molar-refractivity contribution in [2.75, 3.05) is 0 Å². The molecule has 158 valence electrons. The number of hydrogen-bond donors (Lipinski definition) is 2. The molecule has 7 nitrogen and oxygen atoms in total. The summed E-state index contributed by atoms with van der Waals surface area (Å²) in [7, 11) is 0. The monoisotopic (exact) mass is 441 g/mol. The molecule has 0 unspecified atom stereocenters. The van der Waals surface area contributed by atoms with Crippen LogP contribution >= 0.6 is 11.6 Å². The minimum Gasteiger partial charge on any atom is -0.406 e. The van der Waals surface area contributed by atoms with E-state index in [2.05, 4.69) is 20.2 Å². The molecule has 0 saturated heterocycles. The number of ether oxygens (including phenoxy) is 1. The van der Waals surface area contributed by atoms with E-state index in [4.69, 9.17) is 16.1 Å². The molecule has 0 spiro atoms. The number of carbonyl (C=O) groups excluding carboxylic acids is 1. The second-order valence-corrected chi connectivity index (χ2v) is 6.66. The van der Waals surface area contributed by atoms with Crippen LogP contribution in [-0.4, -0.2) is 33.6 Å². The second kappa shape index (κ2) is 8.72. The van der Waals surface area contributed by atoms with Crippen molar-refractivity contribution in [2.24, 2.45) is 0 Å². The van der Waals surface area contributed by atoms with Crippen molar-refractivity contribution < 1.29 is 32.3 Å². The SMILES string of the molecule is C[C@@H](O)[C@H](NC(=O)c1ccc(Cl)cc1)c1nc(-c2ccc(OC(F)(F)F)cc2)no1. The number of benzene rings is 2. The number of carbonyl (C=O) groups is 1. The van der Waals surface area contributed by atoms with Crippen LogP contribution in [0.25, 0.3) is 11.4 Å². The van der Waals surface area contributed by atoms with Crippen LogP contribution in [0, 0.1) is 0 Å². The number of halogens is 4. The molecule has 2 aromatic carbocycles. The topological polar surface area (TPSA) is 97.5 Å². The van der Waals surface area contributed by atoms with Crippen molar-refractivity contribution in [1.29, 1.82) is 0 Å². The Morgan fingerprint density at radius 1 is 1.17 bits per heavy atom. The number of hydrogen-bond acceptors (Lipinski definition) is 6. The highest BCUT2D eigenvalue weighted by atomic mass is 35.5. The van der Waals surface area contributed by atoms with Gasteiger partial charge < -0.3 is 19.7 Å². The van der Waals surface area contributed by atoms with Crippen LogP contribution in [0.5, 0.6) is 5.75 Å². The fraction of sp³-hybridized carbons (Fsp3) is 0.211. The third kappa shape index (κ3) is 5.49. The van der Waals surface area contributed by atoms with Crippen LogP contribution < -0.4 is 10.1 Å². The third-order valence-electron chi connectivity index (χ3n) is 3.93. The number of rotatable bonds is 6. The lowest BCUT2D eigenvalue weighted by Gasteiger charge is -2.17. The van der Waals surface area contributed by atoms with Crippen LogP contribution in [-0.2, 0) is 0 Å². The van der Waals surface area contributed by atoms with E-state index in [1.165, 1.54) is 31.2 Å². The summed E-state index contributed by atoms with van der Waals surface area (Å²) in [5.74, 6) is -0.897. The van der Waals surface area contributed by atoms with E-state index < -0.39 is 30.2 Å². The van der Waals surface area contributed by atoms with Crippen LogP contribution in [0.4, 0.5) is 13.2 Å². The molecule has 0 fully saturated rings. The molecule has 2 N–H and O–H groups in total. The molecule has 0 radical (unpaired) electrons. The van der Waals surface area contributed by atoms with Gasteiger partial charge in [-0.25, -0.2) is 0 Å². The molecular weight excluding hydrogens is 427 g/mol. The number of nitrogens with zero attached hydrogens (tertiary/aromatic N) is 2. The van der Waals surface area contributed by atoms with Crippen molar-refractivity contribution in [3.8, 4) is 17.1 Å². The Kier molecular flexibility index (Phi) is 6.28. The van der Waals surface area contributed by atoms with Gasteiger partial charge in [-0.15, -0.1) is 13.2 Å². The lowest BCUT2D eigenvalue weighted by atomic mass is 10.1. The maximum absolute atomic E-state index is 12.4. The Balaban J connectivity index is 1.76. The van der Waals surface area contributed by atoms with Gasteiger partial charge in [-0.2, -0.15) is 4.98 Å². The van der Waals surface area contributed by atoms with Crippen LogP contribution in [0.1, 0.15) is 29.2 Å². The molecule has 0 aliphatic heterocycles. The minimum atomic E-state index is -4.80. The maximum atomic E-state index is 12.4. The third-order valence-corrected chi connectivity index (χ3v) is 4.18. The first-order valence-corrected chi connectivity index (χ1v) is 8.94. The molecule has 0 aliphatic carbocycles. The zero-order valence-corrected chi connectivity index (χ0v) is 16.1. The molecule has 2 atom stereocenters. The fourth-order valence-electron chi connectivity index (χ4n) is 2.50. The highest BCUT2D eigenvalue weighted by molar-refractivity contribution is 6.30. The van der Waals surface area contributed by atoms with Gasteiger partial charge in [0.1, 0.15) is 11.8 Å².